The zero-order valence-electron chi connectivity index (χ0n) is 11.7. The zero-order chi connectivity index (χ0) is 14.9. The number of hydrogen-bond donors (Lipinski definition) is 2. The highest BCUT2D eigenvalue weighted by Gasteiger charge is 2.31. The molecule has 0 saturated carbocycles. The third kappa shape index (κ3) is 3.74. The van der Waals surface area contributed by atoms with Crippen molar-refractivity contribution in [3.8, 4) is 0 Å². The van der Waals surface area contributed by atoms with E-state index in [9.17, 15) is 13.2 Å². The lowest BCUT2D eigenvalue weighted by molar-refractivity contribution is 0.1000. The average Bonchev–Trinajstić information content (AvgIpc) is 2.41. The summed E-state index contributed by atoms with van der Waals surface area (Å²) in [5.74, 6) is -0.449. The zero-order valence-corrected chi connectivity index (χ0v) is 13.4. The van der Waals surface area contributed by atoms with Crippen molar-refractivity contribution in [1.29, 1.82) is 0 Å². The van der Waals surface area contributed by atoms with Crippen molar-refractivity contribution in [3.05, 3.63) is 29.8 Å². The van der Waals surface area contributed by atoms with E-state index in [0.29, 0.717) is 19.5 Å². The normalized spacial score (nSPS) is 23.3. The van der Waals surface area contributed by atoms with Crippen LogP contribution in [0.3, 0.4) is 0 Å². The fraction of sp³-hybridized carbons (Fsp3) is 0.462. The Balaban J connectivity index is 0.00000220. The van der Waals surface area contributed by atoms with Crippen LogP contribution in [0.1, 0.15) is 23.7 Å². The molecule has 1 aliphatic rings. The number of carbonyl (C=O) groups excluding carboxylic acids is 1. The van der Waals surface area contributed by atoms with Crippen molar-refractivity contribution in [1.82, 2.24) is 4.31 Å². The Labute approximate surface area is 130 Å². The van der Waals surface area contributed by atoms with Crippen molar-refractivity contribution in [2.24, 2.45) is 17.4 Å². The molecule has 21 heavy (non-hydrogen) atoms. The van der Waals surface area contributed by atoms with Gasteiger partial charge < -0.3 is 11.5 Å². The minimum Gasteiger partial charge on any atom is -0.366 e. The molecule has 0 radical (unpaired) electrons. The van der Waals surface area contributed by atoms with Gasteiger partial charge in [-0.1, -0.05) is 6.92 Å². The summed E-state index contributed by atoms with van der Waals surface area (Å²) in [6, 6.07) is 5.71. The Bertz CT molecular complexity index is 604. The Morgan fingerprint density at radius 3 is 2.33 bits per heavy atom. The molecule has 0 aliphatic carbocycles. The highest BCUT2D eigenvalue weighted by atomic mass is 35.5. The number of benzene rings is 1. The van der Waals surface area contributed by atoms with Crippen LogP contribution in [-0.2, 0) is 10.0 Å². The highest BCUT2D eigenvalue weighted by Crippen LogP contribution is 2.23. The topological polar surface area (TPSA) is 106 Å². The van der Waals surface area contributed by atoms with Crippen molar-refractivity contribution < 1.29 is 13.2 Å². The van der Waals surface area contributed by atoms with Crippen LogP contribution in [0.5, 0.6) is 0 Å². The summed E-state index contributed by atoms with van der Waals surface area (Å²) in [6.45, 7) is 2.79. The first-order valence-corrected chi connectivity index (χ1v) is 7.92. The summed E-state index contributed by atoms with van der Waals surface area (Å²) < 4.78 is 26.4. The van der Waals surface area contributed by atoms with Crippen LogP contribution < -0.4 is 11.5 Å². The molecule has 1 aliphatic heterocycles. The monoisotopic (exact) mass is 333 g/mol. The maximum Gasteiger partial charge on any atom is 0.248 e. The molecule has 1 amide bonds. The number of hydrogen-bond acceptors (Lipinski definition) is 4. The number of carbonyl (C=O) groups is 1. The lowest BCUT2D eigenvalue weighted by atomic mass is 9.96. The molecule has 1 aromatic rings. The molecular weight excluding hydrogens is 314 g/mol. The molecule has 4 N–H and O–H groups in total. The molecule has 2 atom stereocenters. The summed E-state index contributed by atoms with van der Waals surface area (Å²) in [5.41, 5.74) is 11.3. The maximum atomic E-state index is 12.5. The predicted molar refractivity (Wildman–Crippen MR) is 82.7 cm³/mol. The van der Waals surface area contributed by atoms with Crippen LogP contribution in [0.2, 0.25) is 0 Å². The van der Waals surface area contributed by atoms with Gasteiger partial charge in [0.25, 0.3) is 0 Å². The largest absolute Gasteiger partial charge is 0.366 e. The van der Waals surface area contributed by atoms with Crippen LogP contribution in [0.25, 0.3) is 0 Å². The summed E-state index contributed by atoms with van der Waals surface area (Å²) in [4.78, 5) is 11.2. The van der Waals surface area contributed by atoms with Crippen molar-refractivity contribution >= 4 is 28.3 Å². The van der Waals surface area contributed by atoms with Gasteiger partial charge >= 0.3 is 0 Å². The molecule has 2 rings (SSSR count). The van der Waals surface area contributed by atoms with Gasteiger partial charge in [0, 0.05) is 24.7 Å². The molecule has 1 heterocycles. The Morgan fingerprint density at radius 2 is 1.86 bits per heavy atom. The van der Waals surface area contributed by atoms with Gasteiger partial charge in [0.15, 0.2) is 0 Å². The number of halogens is 1. The molecule has 2 unspecified atom stereocenters. The molecule has 1 aromatic carbocycles. The second-order valence-corrected chi connectivity index (χ2v) is 7.12. The van der Waals surface area contributed by atoms with E-state index in [1.807, 2.05) is 6.92 Å². The first kappa shape index (κ1) is 17.9. The lowest BCUT2D eigenvalue weighted by Crippen LogP contribution is -2.48. The van der Waals surface area contributed by atoms with E-state index in [4.69, 9.17) is 11.5 Å². The van der Waals surface area contributed by atoms with Crippen LogP contribution in [0.4, 0.5) is 0 Å². The highest BCUT2D eigenvalue weighted by molar-refractivity contribution is 7.89. The third-order valence-corrected chi connectivity index (χ3v) is 5.59. The summed E-state index contributed by atoms with van der Waals surface area (Å²) in [5, 5.41) is 0. The van der Waals surface area contributed by atoms with Gasteiger partial charge in [-0.25, -0.2) is 8.42 Å². The fourth-order valence-electron chi connectivity index (χ4n) is 2.28. The molecule has 118 valence electrons. The van der Waals surface area contributed by atoms with Crippen molar-refractivity contribution in [2.45, 2.75) is 24.3 Å². The summed E-state index contributed by atoms with van der Waals surface area (Å²) in [6.07, 6.45) is 0.653. The van der Waals surface area contributed by atoms with E-state index >= 15 is 0 Å². The van der Waals surface area contributed by atoms with Crippen LogP contribution in [0, 0.1) is 5.92 Å². The molecular formula is C13H20ClN3O3S. The molecule has 0 bridgehead atoms. The Kier molecular flexibility index (Phi) is 5.75. The van der Waals surface area contributed by atoms with Gasteiger partial charge in [-0.15, -0.1) is 12.4 Å². The van der Waals surface area contributed by atoms with E-state index in [1.165, 1.54) is 28.6 Å². The van der Waals surface area contributed by atoms with Crippen molar-refractivity contribution in [2.75, 3.05) is 13.1 Å². The second kappa shape index (κ2) is 6.74. The first-order chi connectivity index (χ1) is 9.32. The van der Waals surface area contributed by atoms with E-state index in [1.54, 1.807) is 0 Å². The van der Waals surface area contributed by atoms with Crippen LogP contribution in [-0.4, -0.2) is 37.8 Å². The molecule has 1 fully saturated rings. The van der Waals surface area contributed by atoms with Gasteiger partial charge in [-0.3, -0.25) is 4.79 Å². The van der Waals surface area contributed by atoms with E-state index < -0.39 is 15.9 Å². The molecule has 1 saturated heterocycles. The fourth-order valence-corrected chi connectivity index (χ4v) is 3.84. The average molecular weight is 334 g/mol. The predicted octanol–water partition coefficient (Wildman–Crippen LogP) is 0.565. The van der Waals surface area contributed by atoms with Gasteiger partial charge in [0.05, 0.1) is 4.90 Å². The minimum atomic E-state index is -3.54. The number of amides is 1. The quantitative estimate of drug-likeness (QED) is 0.843. The Hall–Kier alpha value is -1.15. The van der Waals surface area contributed by atoms with E-state index in [2.05, 4.69) is 0 Å². The number of piperidine rings is 1. The SMILES string of the molecule is CC1CN(S(=O)(=O)c2ccc(C(N)=O)cc2)CCC1N.Cl. The number of sulfonamides is 1. The maximum absolute atomic E-state index is 12.5. The lowest BCUT2D eigenvalue weighted by Gasteiger charge is -2.34. The molecule has 8 heteroatoms. The minimum absolute atomic E-state index is 0. The standard InChI is InChI=1S/C13H19N3O3S.ClH/c1-9-8-16(7-6-12(9)14)20(18,19)11-4-2-10(3-5-11)13(15)17;/h2-5,9,12H,6-8,14H2,1H3,(H2,15,17);1H. The molecule has 0 aromatic heterocycles. The summed E-state index contributed by atoms with van der Waals surface area (Å²) >= 11 is 0. The van der Waals surface area contributed by atoms with E-state index in [-0.39, 0.29) is 34.8 Å². The van der Waals surface area contributed by atoms with E-state index in [0.717, 1.165) is 0 Å². The van der Waals surface area contributed by atoms with Gasteiger partial charge in [-0.05, 0) is 36.6 Å². The number of rotatable bonds is 3. The van der Waals surface area contributed by atoms with Crippen molar-refractivity contribution in [3.63, 3.8) is 0 Å². The number of nitrogens with two attached hydrogens (primary N) is 2. The number of primary amides is 1. The molecule has 0 spiro atoms. The van der Waals surface area contributed by atoms with Gasteiger partial charge in [0.2, 0.25) is 15.9 Å². The molecule has 6 nitrogen and oxygen atoms in total. The third-order valence-electron chi connectivity index (χ3n) is 3.71. The van der Waals surface area contributed by atoms with Crippen LogP contribution in [0.15, 0.2) is 29.2 Å². The number of nitrogens with zero attached hydrogens (tertiary/aromatic N) is 1. The Morgan fingerprint density at radius 1 is 1.29 bits per heavy atom. The van der Waals surface area contributed by atoms with Gasteiger partial charge in [-0.2, -0.15) is 4.31 Å². The summed E-state index contributed by atoms with van der Waals surface area (Å²) in [7, 11) is -3.54. The smallest absolute Gasteiger partial charge is 0.248 e. The first-order valence-electron chi connectivity index (χ1n) is 6.48. The van der Waals surface area contributed by atoms with Gasteiger partial charge in [0.1, 0.15) is 0 Å². The van der Waals surface area contributed by atoms with Crippen LogP contribution >= 0.6 is 12.4 Å². The second-order valence-electron chi connectivity index (χ2n) is 5.18.